The van der Waals surface area contributed by atoms with Gasteiger partial charge in [0, 0.05) is 41.8 Å². The molecule has 0 spiro atoms. The molecule has 182 valence electrons. The van der Waals surface area contributed by atoms with E-state index in [0.717, 1.165) is 0 Å². The summed E-state index contributed by atoms with van der Waals surface area (Å²) in [5.74, 6) is -0.537. The second-order valence-electron chi connectivity index (χ2n) is 8.74. The van der Waals surface area contributed by atoms with Gasteiger partial charge in [-0.05, 0) is 24.3 Å². The van der Waals surface area contributed by atoms with E-state index < -0.39 is 5.82 Å². The van der Waals surface area contributed by atoms with Crippen molar-refractivity contribution in [1.29, 1.82) is 0 Å². The van der Waals surface area contributed by atoms with Gasteiger partial charge in [0.15, 0.2) is 11.5 Å². The number of halogens is 1. The van der Waals surface area contributed by atoms with Crippen molar-refractivity contribution in [2.24, 2.45) is 5.92 Å². The minimum absolute atomic E-state index is 0.158. The van der Waals surface area contributed by atoms with Crippen LogP contribution in [0.15, 0.2) is 61.3 Å². The second kappa shape index (κ2) is 8.86. The van der Waals surface area contributed by atoms with Gasteiger partial charge in [-0.25, -0.2) is 14.4 Å². The maximum absolute atomic E-state index is 16.0. The van der Waals surface area contributed by atoms with Crippen LogP contribution in [0, 0.1) is 11.7 Å². The Bertz CT molecular complexity index is 1780. The Morgan fingerprint density at radius 2 is 1.92 bits per heavy atom. The van der Waals surface area contributed by atoms with Gasteiger partial charge in [0.1, 0.15) is 22.7 Å². The molecule has 0 bridgehead atoms. The van der Waals surface area contributed by atoms with Gasteiger partial charge in [-0.15, -0.1) is 0 Å². The number of rotatable bonds is 5. The predicted molar refractivity (Wildman–Crippen MR) is 137 cm³/mol. The molecule has 10 nitrogen and oxygen atoms in total. The molecule has 3 N–H and O–H groups in total. The van der Waals surface area contributed by atoms with Crippen LogP contribution in [0.25, 0.3) is 56.1 Å². The fraction of sp³-hybridized carbons (Fsp3) is 0.115. The Morgan fingerprint density at radius 1 is 1.03 bits per heavy atom. The molecule has 0 unspecified atom stereocenters. The summed E-state index contributed by atoms with van der Waals surface area (Å²) in [6, 6.07) is 8.99. The lowest BCUT2D eigenvalue weighted by Gasteiger charge is -2.09. The summed E-state index contributed by atoms with van der Waals surface area (Å²) in [6.45, 7) is 3.58. The van der Waals surface area contributed by atoms with Gasteiger partial charge in [-0.1, -0.05) is 19.9 Å². The molecule has 0 aromatic carbocycles. The van der Waals surface area contributed by atoms with E-state index in [4.69, 9.17) is 4.98 Å². The summed E-state index contributed by atoms with van der Waals surface area (Å²) >= 11 is 0. The van der Waals surface area contributed by atoms with Crippen molar-refractivity contribution in [3.8, 4) is 34.0 Å². The third kappa shape index (κ3) is 3.96. The Morgan fingerprint density at radius 3 is 2.73 bits per heavy atom. The van der Waals surface area contributed by atoms with Gasteiger partial charge < -0.3 is 10.3 Å². The van der Waals surface area contributed by atoms with Gasteiger partial charge >= 0.3 is 0 Å². The number of aromatic nitrogens is 8. The van der Waals surface area contributed by atoms with E-state index in [1.807, 2.05) is 18.2 Å². The van der Waals surface area contributed by atoms with E-state index in [-0.39, 0.29) is 34.1 Å². The zero-order valence-electron chi connectivity index (χ0n) is 19.8. The number of anilines is 1. The zero-order valence-corrected chi connectivity index (χ0v) is 19.8. The number of H-pyrrole nitrogens is 2. The number of imidazole rings is 1. The van der Waals surface area contributed by atoms with E-state index in [0.29, 0.717) is 39.5 Å². The van der Waals surface area contributed by atoms with Crippen molar-refractivity contribution in [2.75, 3.05) is 5.32 Å². The molecule has 0 saturated carbocycles. The van der Waals surface area contributed by atoms with Crippen molar-refractivity contribution in [3.63, 3.8) is 0 Å². The topological polar surface area (TPSA) is 138 Å². The number of nitrogens with zero attached hydrogens (tertiary/aromatic N) is 6. The third-order valence-electron chi connectivity index (χ3n) is 5.90. The van der Waals surface area contributed by atoms with Crippen LogP contribution < -0.4 is 5.32 Å². The molecule has 1 amide bonds. The number of amides is 1. The molecule has 0 fully saturated rings. The smallest absolute Gasteiger partial charge is 0.226 e. The van der Waals surface area contributed by atoms with Crippen molar-refractivity contribution >= 4 is 33.7 Å². The quantitative estimate of drug-likeness (QED) is 0.315. The molecule has 0 radical (unpaired) electrons. The van der Waals surface area contributed by atoms with Crippen molar-refractivity contribution in [1.82, 2.24) is 40.1 Å². The standard InChI is InChI=1S/C26H20FN9O/c1-13(2)26(37)32-15-9-14(10-28-11-15)16-12-31-24-19(20(16)27)23(35-36-24)25-33-18-6-8-30-21(22(18)34-25)17-5-3-4-7-29-17/h3-13H,1-2H3,(H,32,37)(H,33,34)(H,31,35,36). The minimum atomic E-state index is -0.536. The van der Waals surface area contributed by atoms with Gasteiger partial charge in [-0.3, -0.25) is 24.8 Å². The van der Waals surface area contributed by atoms with Crippen molar-refractivity contribution in [2.45, 2.75) is 13.8 Å². The van der Waals surface area contributed by atoms with E-state index in [1.165, 1.54) is 18.6 Å². The Labute approximate surface area is 209 Å². The maximum atomic E-state index is 16.0. The van der Waals surface area contributed by atoms with E-state index in [2.05, 4.69) is 40.4 Å². The Kier molecular flexibility index (Phi) is 5.37. The zero-order chi connectivity index (χ0) is 25.5. The Hall–Kier alpha value is -5.06. The van der Waals surface area contributed by atoms with Gasteiger partial charge in [0.05, 0.1) is 28.5 Å². The highest BCUT2D eigenvalue weighted by Crippen LogP contribution is 2.34. The van der Waals surface area contributed by atoms with Crippen LogP contribution in [0.4, 0.5) is 10.1 Å². The normalized spacial score (nSPS) is 11.5. The molecule has 6 heterocycles. The number of carbonyl (C=O) groups is 1. The molecule has 0 aliphatic carbocycles. The molecule has 0 aliphatic heterocycles. The maximum Gasteiger partial charge on any atom is 0.226 e. The van der Waals surface area contributed by atoms with Crippen molar-refractivity contribution < 1.29 is 9.18 Å². The molecule has 6 aromatic heterocycles. The molecular formula is C26H20FN9O. The summed E-state index contributed by atoms with van der Waals surface area (Å²) in [4.78, 5) is 37.4. The van der Waals surface area contributed by atoms with E-state index in [9.17, 15) is 4.79 Å². The predicted octanol–water partition coefficient (Wildman–Crippen LogP) is 4.75. The molecular weight excluding hydrogens is 473 g/mol. The van der Waals surface area contributed by atoms with Crippen LogP contribution in [0.5, 0.6) is 0 Å². The van der Waals surface area contributed by atoms with E-state index >= 15 is 4.39 Å². The number of aromatic amines is 2. The van der Waals surface area contributed by atoms with Crippen LogP contribution in [0.3, 0.4) is 0 Å². The van der Waals surface area contributed by atoms with Gasteiger partial charge in [0.25, 0.3) is 0 Å². The number of nitrogens with one attached hydrogen (secondary N) is 3. The Balaban J connectivity index is 1.45. The monoisotopic (exact) mass is 493 g/mol. The SMILES string of the molecule is CC(C)C(=O)Nc1cncc(-c2cnc3[nH]nc(-c4nc5c(-c6ccccn6)nccc5[nH]4)c3c2F)c1. The molecule has 6 rings (SSSR count). The number of hydrogen-bond acceptors (Lipinski definition) is 7. The lowest BCUT2D eigenvalue weighted by molar-refractivity contribution is -0.118. The second-order valence-corrected chi connectivity index (χ2v) is 8.74. The first kappa shape index (κ1) is 22.4. The summed E-state index contributed by atoms with van der Waals surface area (Å²) < 4.78 is 16.0. The fourth-order valence-corrected chi connectivity index (χ4v) is 4.01. The largest absolute Gasteiger partial charge is 0.336 e. The third-order valence-corrected chi connectivity index (χ3v) is 5.90. The van der Waals surface area contributed by atoms with E-state index in [1.54, 1.807) is 38.4 Å². The first-order chi connectivity index (χ1) is 18.0. The van der Waals surface area contributed by atoms with Gasteiger partial charge in [-0.2, -0.15) is 5.10 Å². The molecule has 0 saturated heterocycles. The number of carbonyl (C=O) groups excluding carboxylic acids is 1. The lowest BCUT2D eigenvalue weighted by atomic mass is 10.1. The molecule has 6 aromatic rings. The highest BCUT2D eigenvalue weighted by atomic mass is 19.1. The number of pyridine rings is 4. The summed E-state index contributed by atoms with van der Waals surface area (Å²) in [5, 5.41) is 10.1. The van der Waals surface area contributed by atoms with Crippen LogP contribution in [0.2, 0.25) is 0 Å². The van der Waals surface area contributed by atoms with Gasteiger partial charge in [0.2, 0.25) is 5.91 Å². The van der Waals surface area contributed by atoms with Crippen LogP contribution in [-0.2, 0) is 4.79 Å². The lowest BCUT2D eigenvalue weighted by Crippen LogP contribution is -2.17. The summed E-state index contributed by atoms with van der Waals surface area (Å²) in [7, 11) is 0. The first-order valence-electron chi connectivity index (χ1n) is 11.5. The molecule has 0 aliphatic rings. The molecule has 0 atom stereocenters. The highest BCUT2D eigenvalue weighted by molar-refractivity contribution is 5.97. The average Bonchev–Trinajstić information content (AvgIpc) is 3.54. The van der Waals surface area contributed by atoms with Crippen LogP contribution in [-0.4, -0.2) is 46.0 Å². The van der Waals surface area contributed by atoms with Crippen LogP contribution in [0.1, 0.15) is 13.8 Å². The van der Waals surface area contributed by atoms with Crippen LogP contribution >= 0.6 is 0 Å². The minimum Gasteiger partial charge on any atom is -0.336 e. The summed E-state index contributed by atoms with van der Waals surface area (Å²) in [6.07, 6.45) is 7.79. The first-order valence-corrected chi connectivity index (χ1v) is 11.5. The molecule has 37 heavy (non-hydrogen) atoms. The number of fused-ring (bicyclic) bond motifs is 2. The number of hydrogen-bond donors (Lipinski definition) is 3. The summed E-state index contributed by atoms with van der Waals surface area (Å²) in [5.41, 5.74) is 4.28. The average molecular weight is 494 g/mol. The molecule has 11 heteroatoms. The highest BCUT2D eigenvalue weighted by Gasteiger charge is 2.22. The fourth-order valence-electron chi connectivity index (χ4n) is 4.01. The van der Waals surface area contributed by atoms with Crippen molar-refractivity contribution in [3.05, 3.63) is 67.1 Å².